The number of benzene rings is 2. The number of ether oxygens (including phenoxy) is 1. The van der Waals surface area contributed by atoms with Gasteiger partial charge in [-0.25, -0.2) is 0 Å². The first-order valence-corrected chi connectivity index (χ1v) is 7.39. The number of anilines is 1. The molecule has 0 aliphatic carbocycles. The van der Waals surface area contributed by atoms with Crippen molar-refractivity contribution < 1.29 is 14.3 Å². The van der Waals surface area contributed by atoms with Gasteiger partial charge in [0.05, 0.1) is 11.3 Å². The molecule has 0 radical (unpaired) electrons. The van der Waals surface area contributed by atoms with E-state index in [0.717, 1.165) is 5.56 Å². The molecule has 0 aliphatic rings. The van der Waals surface area contributed by atoms with Crippen LogP contribution in [0.1, 0.15) is 35.7 Å². The smallest absolute Gasteiger partial charge is 0.262 e. The number of nitrogens with one attached hydrogen (secondary N) is 1. The van der Waals surface area contributed by atoms with Crippen LogP contribution in [0.25, 0.3) is 0 Å². The van der Waals surface area contributed by atoms with E-state index in [1.807, 2.05) is 24.3 Å². The zero-order valence-electron chi connectivity index (χ0n) is 13.2. The highest BCUT2D eigenvalue weighted by atomic mass is 16.5. The summed E-state index contributed by atoms with van der Waals surface area (Å²) in [5, 5.41) is 2.65. The van der Waals surface area contributed by atoms with E-state index in [0.29, 0.717) is 17.4 Å². The van der Waals surface area contributed by atoms with Crippen LogP contribution >= 0.6 is 0 Å². The Balaban J connectivity index is 2.03. The number of amides is 2. The molecule has 2 aromatic carbocycles. The third-order valence-corrected chi connectivity index (χ3v) is 3.37. The summed E-state index contributed by atoms with van der Waals surface area (Å²) in [5.74, 6) is 0.0370. The average Bonchev–Trinajstić information content (AvgIpc) is 2.53. The maximum atomic E-state index is 12.1. The zero-order chi connectivity index (χ0) is 16.8. The second kappa shape index (κ2) is 7.45. The van der Waals surface area contributed by atoms with Gasteiger partial charge in [0.1, 0.15) is 5.75 Å². The minimum absolute atomic E-state index is 0.142. The number of nitrogens with two attached hydrogens (primary N) is 1. The molecule has 0 saturated heterocycles. The maximum absolute atomic E-state index is 12.1. The third kappa shape index (κ3) is 4.32. The van der Waals surface area contributed by atoms with Gasteiger partial charge in [0, 0.05) is 0 Å². The molecule has 5 heteroatoms. The van der Waals surface area contributed by atoms with E-state index in [1.54, 1.807) is 24.3 Å². The van der Waals surface area contributed by atoms with Crippen LogP contribution in [-0.4, -0.2) is 18.4 Å². The van der Waals surface area contributed by atoms with E-state index in [9.17, 15) is 9.59 Å². The summed E-state index contributed by atoms with van der Waals surface area (Å²) in [5.41, 5.74) is 6.97. The van der Waals surface area contributed by atoms with E-state index in [1.165, 1.54) is 0 Å². The predicted molar refractivity (Wildman–Crippen MR) is 89.6 cm³/mol. The minimum Gasteiger partial charge on any atom is -0.483 e. The van der Waals surface area contributed by atoms with Crippen LogP contribution < -0.4 is 15.8 Å². The molecule has 120 valence electrons. The van der Waals surface area contributed by atoms with Gasteiger partial charge in [0.2, 0.25) is 0 Å². The molecule has 0 bridgehead atoms. The quantitative estimate of drug-likeness (QED) is 0.860. The average molecular weight is 312 g/mol. The summed E-state index contributed by atoms with van der Waals surface area (Å²) in [4.78, 5) is 23.4. The van der Waals surface area contributed by atoms with Crippen molar-refractivity contribution in [3.63, 3.8) is 0 Å². The Kier molecular flexibility index (Phi) is 5.36. The Morgan fingerprint density at radius 3 is 2.43 bits per heavy atom. The number of para-hydroxylation sites is 2. The summed E-state index contributed by atoms with van der Waals surface area (Å²) in [7, 11) is 0. The molecule has 2 amide bonds. The molecule has 3 N–H and O–H groups in total. The molecule has 5 nitrogen and oxygen atoms in total. The van der Waals surface area contributed by atoms with Crippen molar-refractivity contribution in [2.45, 2.75) is 19.8 Å². The SMILES string of the molecule is CC(C)c1ccccc1OCC(=O)Nc1ccccc1C(N)=O. The largest absolute Gasteiger partial charge is 0.483 e. The zero-order valence-corrected chi connectivity index (χ0v) is 13.2. The molecule has 2 rings (SSSR count). The van der Waals surface area contributed by atoms with Gasteiger partial charge in [-0.2, -0.15) is 0 Å². The van der Waals surface area contributed by atoms with Crippen molar-refractivity contribution in [3.05, 3.63) is 59.7 Å². The highest BCUT2D eigenvalue weighted by Gasteiger charge is 2.12. The van der Waals surface area contributed by atoms with Crippen molar-refractivity contribution in [1.82, 2.24) is 0 Å². The fourth-order valence-corrected chi connectivity index (χ4v) is 2.23. The number of primary amides is 1. The van der Waals surface area contributed by atoms with Crippen LogP contribution in [0.15, 0.2) is 48.5 Å². The van der Waals surface area contributed by atoms with Crippen LogP contribution in [0.4, 0.5) is 5.69 Å². The van der Waals surface area contributed by atoms with E-state index < -0.39 is 5.91 Å². The molecule has 0 aliphatic heterocycles. The fraction of sp³-hybridized carbons (Fsp3) is 0.222. The summed E-state index contributed by atoms with van der Waals surface area (Å²) in [6.07, 6.45) is 0. The topological polar surface area (TPSA) is 81.4 Å². The van der Waals surface area contributed by atoms with Crippen molar-refractivity contribution >= 4 is 17.5 Å². The van der Waals surface area contributed by atoms with Gasteiger partial charge in [-0.1, -0.05) is 44.2 Å². The monoisotopic (exact) mass is 312 g/mol. The van der Waals surface area contributed by atoms with Gasteiger partial charge < -0.3 is 15.8 Å². The maximum Gasteiger partial charge on any atom is 0.262 e. The number of rotatable bonds is 6. The molecule has 0 aromatic heterocycles. The Morgan fingerprint density at radius 1 is 1.09 bits per heavy atom. The molecule has 0 spiro atoms. The highest BCUT2D eigenvalue weighted by molar-refractivity contribution is 6.03. The van der Waals surface area contributed by atoms with Crippen LogP contribution in [0.3, 0.4) is 0 Å². The van der Waals surface area contributed by atoms with Gasteiger partial charge in [-0.05, 0) is 29.7 Å². The van der Waals surface area contributed by atoms with Crippen molar-refractivity contribution in [3.8, 4) is 5.75 Å². The Labute approximate surface area is 135 Å². The molecule has 2 aromatic rings. The Hall–Kier alpha value is -2.82. The third-order valence-electron chi connectivity index (χ3n) is 3.37. The Bertz CT molecular complexity index is 711. The summed E-state index contributed by atoms with van der Waals surface area (Å²) >= 11 is 0. The Morgan fingerprint density at radius 2 is 1.74 bits per heavy atom. The predicted octanol–water partition coefficient (Wildman–Crippen LogP) is 2.93. The van der Waals surface area contributed by atoms with Gasteiger partial charge in [0.15, 0.2) is 6.61 Å². The molecular formula is C18H20N2O3. The normalized spacial score (nSPS) is 10.4. The number of carbonyl (C=O) groups excluding carboxylic acids is 2. The standard InChI is InChI=1S/C18H20N2O3/c1-12(2)13-7-4-6-10-16(13)23-11-17(21)20-15-9-5-3-8-14(15)18(19)22/h3-10,12H,11H2,1-2H3,(H2,19,22)(H,20,21). The second-order valence-electron chi connectivity index (χ2n) is 5.44. The molecule has 0 fully saturated rings. The van der Waals surface area contributed by atoms with Crippen molar-refractivity contribution in [1.29, 1.82) is 0 Å². The fourth-order valence-electron chi connectivity index (χ4n) is 2.23. The molecule has 0 atom stereocenters. The lowest BCUT2D eigenvalue weighted by Crippen LogP contribution is -2.23. The van der Waals surface area contributed by atoms with Crippen molar-refractivity contribution in [2.24, 2.45) is 5.73 Å². The highest BCUT2D eigenvalue weighted by Crippen LogP contribution is 2.25. The molecular weight excluding hydrogens is 292 g/mol. The lowest BCUT2D eigenvalue weighted by molar-refractivity contribution is -0.118. The summed E-state index contributed by atoms with van der Waals surface area (Å²) in [6.45, 7) is 3.98. The van der Waals surface area contributed by atoms with Crippen LogP contribution in [0, 0.1) is 0 Å². The first kappa shape index (κ1) is 16.5. The second-order valence-corrected chi connectivity index (χ2v) is 5.44. The number of carbonyl (C=O) groups is 2. The number of hydrogen-bond acceptors (Lipinski definition) is 3. The van der Waals surface area contributed by atoms with Crippen molar-refractivity contribution in [2.75, 3.05) is 11.9 Å². The molecule has 0 heterocycles. The van der Waals surface area contributed by atoms with Crippen LogP contribution in [0.5, 0.6) is 5.75 Å². The molecule has 0 unspecified atom stereocenters. The van der Waals surface area contributed by atoms with E-state index >= 15 is 0 Å². The van der Waals surface area contributed by atoms with Gasteiger partial charge in [-0.3, -0.25) is 9.59 Å². The van der Waals surface area contributed by atoms with Gasteiger partial charge >= 0.3 is 0 Å². The summed E-state index contributed by atoms with van der Waals surface area (Å²) in [6, 6.07) is 14.2. The number of hydrogen-bond donors (Lipinski definition) is 2. The van der Waals surface area contributed by atoms with E-state index in [4.69, 9.17) is 10.5 Å². The summed E-state index contributed by atoms with van der Waals surface area (Å²) < 4.78 is 5.60. The van der Waals surface area contributed by atoms with Crippen LogP contribution in [-0.2, 0) is 4.79 Å². The van der Waals surface area contributed by atoms with E-state index in [-0.39, 0.29) is 18.1 Å². The minimum atomic E-state index is -0.591. The lowest BCUT2D eigenvalue weighted by atomic mass is 10.0. The van der Waals surface area contributed by atoms with Gasteiger partial charge in [-0.15, -0.1) is 0 Å². The molecule has 0 saturated carbocycles. The van der Waals surface area contributed by atoms with E-state index in [2.05, 4.69) is 19.2 Å². The first-order valence-electron chi connectivity index (χ1n) is 7.39. The molecule has 23 heavy (non-hydrogen) atoms. The van der Waals surface area contributed by atoms with Gasteiger partial charge in [0.25, 0.3) is 11.8 Å². The first-order chi connectivity index (χ1) is 11.0. The van der Waals surface area contributed by atoms with Crippen LogP contribution in [0.2, 0.25) is 0 Å². The lowest BCUT2D eigenvalue weighted by Gasteiger charge is -2.14.